The van der Waals surface area contributed by atoms with E-state index < -0.39 is 6.04 Å². The van der Waals surface area contributed by atoms with E-state index in [0.29, 0.717) is 11.1 Å². The summed E-state index contributed by atoms with van der Waals surface area (Å²) in [5, 5.41) is 0. The molecule has 0 amide bonds. The van der Waals surface area contributed by atoms with Crippen LogP contribution in [0.5, 0.6) is 0 Å². The van der Waals surface area contributed by atoms with Gasteiger partial charge in [0.15, 0.2) is 11.8 Å². The highest BCUT2D eigenvalue weighted by Crippen LogP contribution is 2.21. The molecule has 1 heterocycles. The number of nitrogens with zero attached hydrogens (tertiary/aromatic N) is 1. The topological polar surface area (TPSA) is 55.7 Å². The molecule has 1 aromatic carbocycles. The molecule has 0 radical (unpaired) electrons. The lowest BCUT2D eigenvalue weighted by atomic mass is 10.0. The molecule has 0 aliphatic carbocycles. The molecular formula is C14H15NO3. The number of hydrogen-bond donors (Lipinski definition) is 0. The maximum atomic E-state index is 11.7. The lowest BCUT2D eigenvalue weighted by molar-refractivity contribution is -0.135. The molecule has 0 saturated carbocycles. The molecule has 1 aliphatic heterocycles. The normalized spacial score (nSPS) is 18.8. The van der Waals surface area contributed by atoms with Crippen molar-refractivity contribution in [1.29, 1.82) is 0 Å². The molecular weight excluding hydrogens is 230 g/mol. The van der Waals surface area contributed by atoms with E-state index in [1.165, 1.54) is 6.92 Å². The number of aliphatic imine (C=N–C) groups is 1. The fraction of sp³-hybridized carbons (Fsp3) is 0.357. The predicted molar refractivity (Wildman–Crippen MR) is 67.7 cm³/mol. The number of carbonyl (C=O) groups excluding carboxylic acids is 2. The third-order valence-corrected chi connectivity index (χ3v) is 2.86. The highest BCUT2D eigenvalue weighted by Gasteiger charge is 2.33. The van der Waals surface area contributed by atoms with E-state index in [9.17, 15) is 9.59 Å². The van der Waals surface area contributed by atoms with Gasteiger partial charge in [-0.05, 0) is 18.9 Å². The summed E-state index contributed by atoms with van der Waals surface area (Å²) < 4.78 is 5.17. The van der Waals surface area contributed by atoms with Gasteiger partial charge in [0.2, 0.25) is 5.90 Å². The van der Waals surface area contributed by atoms with Gasteiger partial charge in [0.1, 0.15) is 0 Å². The lowest BCUT2D eigenvalue weighted by Gasteiger charge is -2.05. The van der Waals surface area contributed by atoms with Crippen molar-refractivity contribution in [2.24, 2.45) is 10.9 Å². The van der Waals surface area contributed by atoms with E-state index in [4.69, 9.17) is 4.74 Å². The van der Waals surface area contributed by atoms with Crippen LogP contribution in [-0.2, 0) is 9.53 Å². The quantitative estimate of drug-likeness (QED) is 0.606. The van der Waals surface area contributed by atoms with E-state index in [0.717, 1.165) is 0 Å². The molecule has 1 aliphatic rings. The molecule has 0 bridgehead atoms. The van der Waals surface area contributed by atoms with Gasteiger partial charge in [-0.15, -0.1) is 0 Å². The van der Waals surface area contributed by atoms with Crippen LogP contribution in [0.1, 0.15) is 36.7 Å². The molecule has 2 rings (SSSR count). The molecule has 18 heavy (non-hydrogen) atoms. The molecule has 4 nitrogen and oxygen atoms in total. The second-order valence-electron chi connectivity index (χ2n) is 4.65. The van der Waals surface area contributed by atoms with Crippen molar-refractivity contribution < 1.29 is 14.3 Å². The molecule has 1 unspecified atom stereocenters. The van der Waals surface area contributed by atoms with Gasteiger partial charge in [-0.1, -0.05) is 32.0 Å². The summed E-state index contributed by atoms with van der Waals surface area (Å²) in [7, 11) is 0. The summed E-state index contributed by atoms with van der Waals surface area (Å²) in [5.74, 6) is -0.0836. The smallest absolute Gasteiger partial charge is 0.338 e. The van der Waals surface area contributed by atoms with Crippen LogP contribution in [0.2, 0.25) is 0 Å². The minimum atomic E-state index is -0.472. The van der Waals surface area contributed by atoms with E-state index in [1.54, 1.807) is 24.3 Å². The van der Waals surface area contributed by atoms with Gasteiger partial charge in [-0.25, -0.2) is 9.79 Å². The zero-order chi connectivity index (χ0) is 13.3. The van der Waals surface area contributed by atoms with Crippen LogP contribution < -0.4 is 0 Å². The maximum Gasteiger partial charge on any atom is 0.338 e. The highest BCUT2D eigenvalue weighted by molar-refractivity contribution is 6.12. The molecule has 4 heteroatoms. The van der Waals surface area contributed by atoms with Crippen LogP contribution in [0.4, 0.5) is 0 Å². The van der Waals surface area contributed by atoms with Crippen LogP contribution >= 0.6 is 0 Å². The molecule has 1 aromatic rings. The van der Waals surface area contributed by atoms with Crippen molar-refractivity contribution in [3.63, 3.8) is 0 Å². The van der Waals surface area contributed by atoms with E-state index in [1.807, 2.05) is 13.8 Å². The third-order valence-electron chi connectivity index (χ3n) is 2.86. The number of esters is 1. The molecule has 0 aromatic heterocycles. The van der Waals surface area contributed by atoms with Gasteiger partial charge in [0, 0.05) is 11.1 Å². The Balaban J connectivity index is 2.42. The molecule has 94 valence electrons. The number of ketones is 1. The molecule has 1 atom stereocenters. The van der Waals surface area contributed by atoms with Crippen LogP contribution in [0.15, 0.2) is 29.3 Å². The maximum absolute atomic E-state index is 11.7. The number of carbonyl (C=O) groups is 2. The highest BCUT2D eigenvalue weighted by atomic mass is 16.6. The Hall–Kier alpha value is -1.97. The third kappa shape index (κ3) is 2.18. The number of Topliss-reactive ketones (excluding diaryl/α,β-unsaturated/α-hetero) is 1. The van der Waals surface area contributed by atoms with Crippen molar-refractivity contribution in [3.8, 4) is 0 Å². The van der Waals surface area contributed by atoms with Crippen molar-refractivity contribution in [3.05, 3.63) is 35.4 Å². The summed E-state index contributed by atoms with van der Waals surface area (Å²) in [5.41, 5.74) is 1.11. The van der Waals surface area contributed by atoms with Gasteiger partial charge in [-0.3, -0.25) is 4.79 Å². The van der Waals surface area contributed by atoms with Crippen molar-refractivity contribution >= 4 is 17.7 Å². The van der Waals surface area contributed by atoms with Crippen molar-refractivity contribution in [2.75, 3.05) is 0 Å². The number of ether oxygens (including phenoxy) is 1. The van der Waals surface area contributed by atoms with Crippen molar-refractivity contribution in [1.82, 2.24) is 0 Å². The summed E-state index contributed by atoms with van der Waals surface area (Å²) in [6.07, 6.45) is 0. The molecule has 0 N–H and O–H groups in total. The van der Waals surface area contributed by atoms with E-state index >= 15 is 0 Å². The average molecular weight is 245 g/mol. The Morgan fingerprint density at radius 1 is 1.33 bits per heavy atom. The van der Waals surface area contributed by atoms with Crippen LogP contribution in [0.3, 0.4) is 0 Å². The summed E-state index contributed by atoms with van der Waals surface area (Å²) in [4.78, 5) is 27.5. The SMILES string of the molecule is CC(=O)c1ccccc1C1=NC(C(C)C)C(=O)O1. The standard InChI is InChI=1S/C14H15NO3/c1-8(2)12-14(17)18-13(15-12)11-7-5-4-6-10(11)9(3)16/h4-8,12H,1-3H3. The second-order valence-corrected chi connectivity index (χ2v) is 4.65. The first-order chi connectivity index (χ1) is 8.50. The zero-order valence-corrected chi connectivity index (χ0v) is 10.6. The van der Waals surface area contributed by atoms with Gasteiger partial charge in [0.05, 0.1) is 0 Å². The van der Waals surface area contributed by atoms with Crippen LogP contribution in [0, 0.1) is 5.92 Å². The number of hydrogen-bond acceptors (Lipinski definition) is 4. The summed E-state index contributed by atoms with van der Waals surface area (Å²) >= 11 is 0. The number of cyclic esters (lactones) is 1. The Morgan fingerprint density at radius 2 is 2.00 bits per heavy atom. The zero-order valence-electron chi connectivity index (χ0n) is 10.6. The van der Waals surface area contributed by atoms with E-state index in [-0.39, 0.29) is 23.6 Å². The Morgan fingerprint density at radius 3 is 2.56 bits per heavy atom. The fourth-order valence-corrected chi connectivity index (χ4v) is 1.88. The predicted octanol–water partition coefficient (Wildman–Crippen LogP) is 2.22. The number of rotatable bonds is 3. The van der Waals surface area contributed by atoms with Gasteiger partial charge in [0.25, 0.3) is 0 Å². The van der Waals surface area contributed by atoms with Crippen LogP contribution in [0.25, 0.3) is 0 Å². The van der Waals surface area contributed by atoms with Crippen LogP contribution in [-0.4, -0.2) is 23.7 Å². The lowest BCUT2D eigenvalue weighted by Crippen LogP contribution is -2.20. The Bertz CT molecular complexity index is 532. The monoisotopic (exact) mass is 245 g/mol. The summed E-state index contributed by atoms with van der Waals surface area (Å²) in [6.45, 7) is 5.31. The largest absolute Gasteiger partial charge is 0.406 e. The Labute approximate surface area is 106 Å². The average Bonchev–Trinajstić information content (AvgIpc) is 2.71. The number of benzene rings is 1. The molecule has 0 spiro atoms. The fourth-order valence-electron chi connectivity index (χ4n) is 1.88. The second kappa shape index (κ2) is 4.72. The first kappa shape index (κ1) is 12.5. The minimum Gasteiger partial charge on any atom is -0.406 e. The first-order valence-electron chi connectivity index (χ1n) is 5.90. The van der Waals surface area contributed by atoms with Gasteiger partial charge < -0.3 is 4.74 Å². The molecule has 0 fully saturated rings. The van der Waals surface area contributed by atoms with Crippen molar-refractivity contribution in [2.45, 2.75) is 26.8 Å². The summed E-state index contributed by atoms with van der Waals surface area (Å²) in [6, 6.07) is 6.54. The Kier molecular flexibility index (Phi) is 3.28. The molecule has 0 saturated heterocycles. The van der Waals surface area contributed by atoms with Gasteiger partial charge >= 0.3 is 5.97 Å². The first-order valence-corrected chi connectivity index (χ1v) is 5.90. The van der Waals surface area contributed by atoms with Gasteiger partial charge in [-0.2, -0.15) is 0 Å². The van der Waals surface area contributed by atoms with E-state index in [2.05, 4.69) is 4.99 Å². The minimum absolute atomic E-state index is 0.0719.